The van der Waals surface area contributed by atoms with E-state index >= 15 is 0 Å². The lowest BCUT2D eigenvalue weighted by molar-refractivity contribution is 0.385. The van der Waals surface area contributed by atoms with Gasteiger partial charge in [-0.25, -0.2) is 0 Å². The Labute approximate surface area is 79.7 Å². The summed E-state index contributed by atoms with van der Waals surface area (Å²) in [6.45, 7) is 6.37. The molecule has 0 saturated heterocycles. The Morgan fingerprint density at radius 3 is 2.92 bits per heavy atom. The molecule has 0 unspecified atom stereocenters. The SMILES string of the molecule is CC1(C)Cc2ccn(CCN)c2C1. The van der Waals surface area contributed by atoms with E-state index in [0.717, 1.165) is 13.1 Å². The fourth-order valence-corrected chi connectivity index (χ4v) is 2.31. The van der Waals surface area contributed by atoms with Crippen molar-refractivity contribution in [3.63, 3.8) is 0 Å². The van der Waals surface area contributed by atoms with E-state index in [1.165, 1.54) is 24.1 Å². The van der Waals surface area contributed by atoms with Crippen molar-refractivity contribution in [2.75, 3.05) is 6.54 Å². The Bertz CT molecular complexity index is 310. The summed E-state index contributed by atoms with van der Waals surface area (Å²) in [4.78, 5) is 0. The van der Waals surface area contributed by atoms with Gasteiger partial charge in [0.05, 0.1) is 0 Å². The first-order valence-corrected chi connectivity index (χ1v) is 4.99. The van der Waals surface area contributed by atoms with E-state index in [4.69, 9.17) is 5.73 Å². The zero-order valence-corrected chi connectivity index (χ0v) is 8.51. The number of hydrogen-bond donors (Lipinski definition) is 1. The van der Waals surface area contributed by atoms with Crippen molar-refractivity contribution >= 4 is 0 Å². The van der Waals surface area contributed by atoms with Crippen LogP contribution >= 0.6 is 0 Å². The van der Waals surface area contributed by atoms with Gasteiger partial charge >= 0.3 is 0 Å². The van der Waals surface area contributed by atoms with Gasteiger partial charge in [-0.1, -0.05) is 13.8 Å². The molecule has 0 amide bonds. The summed E-state index contributed by atoms with van der Waals surface area (Å²) in [6.07, 6.45) is 4.60. The van der Waals surface area contributed by atoms with Crippen LogP contribution in [0.15, 0.2) is 12.3 Å². The molecule has 0 saturated carbocycles. The predicted octanol–water partition coefficient (Wildman–Crippen LogP) is 1.57. The molecule has 0 atom stereocenters. The first kappa shape index (κ1) is 8.82. The molecule has 1 aromatic rings. The Balaban J connectivity index is 2.27. The summed E-state index contributed by atoms with van der Waals surface area (Å²) in [6, 6.07) is 2.25. The summed E-state index contributed by atoms with van der Waals surface area (Å²) < 4.78 is 2.31. The second-order valence-corrected chi connectivity index (χ2v) is 4.79. The molecule has 0 spiro atoms. The third-order valence-corrected chi connectivity index (χ3v) is 2.86. The molecule has 0 aliphatic heterocycles. The number of aromatic nitrogens is 1. The van der Waals surface area contributed by atoms with Crippen molar-refractivity contribution in [2.45, 2.75) is 33.2 Å². The molecule has 0 bridgehead atoms. The fraction of sp³-hybridized carbons (Fsp3) is 0.636. The van der Waals surface area contributed by atoms with Gasteiger partial charge in [-0.3, -0.25) is 0 Å². The minimum absolute atomic E-state index is 0.461. The van der Waals surface area contributed by atoms with E-state index in [9.17, 15) is 0 Å². The smallest absolute Gasteiger partial charge is 0.0345 e. The summed E-state index contributed by atoms with van der Waals surface area (Å²) in [5.41, 5.74) is 9.06. The molecule has 2 N–H and O–H groups in total. The lowest BCUT2D eigenvalue weighted by Gasteiger charge is -2.16. The summed E-state index contributed by atoms with van der Waals surface area (Å²) in [5, 5.41) is 0. The Kier molecular flexibility index (Phi) is 1.95. The van der Waals surface area contributed by atoms with Gasteiger partial charge in [-0.05, 0) is 29.9 Å². The lowest BCUT2D eigenvalue weighted by atomic mass is 9.90. The van der Waals surface area contributed by atoms with Gasteiger partial charge in [0.15, 0.2) is 0 Å². The van der Waals surface area contributed by atoms with Gasteiger partial charge < -0.3 is 10.3 Å². The van der Waals surface area contributed by atoms with Crippen LogP contribution in [0.25, 0.3) is 0 Å². The Hall–Kier alpha value is -0.760. The number of fused-ring (bicyclic) bond motifs is 1. The highest BCUT2D eigenvalue weighted by Gasteiger charge is 2.30. The van der Waals surface area contributed by atoms with Crippen molar-refractivity contribution < 1.29 is 0 Å². The normalized spacial score (nSPS) is 19.0. The number of nitrogens with two attached hydrogens (primary N) is 1. The highest BCUT2D eigenvalue weighted by atomic mass is 15.0. The quantitative estimate of drug-likeness (QED) is 0.732. The van der Waals surface area contributed by atoms with Crippen LogP contribution in [-0.4, -0.2) is 11.1 Å². The van der Waals surface area contributed by atoms with Gasteiger partial charge in [-0.2, -0.15) is 0 Å². The van der Waals surface area contributed by atoms with Crippen LogP contribution in [0.2, 0.25) is 0 Å². The molecular weight excluding hydrogens is 160 g/mol. The van der Waals surface area contributed by atoms with Crippen LogP contribution in [0.4, 0.5) is 0 Å². The molecule has 1 aromatic heterocycles. The standard InChI is InChI=1S/C11H18N2/c1-11(2)7-9-3-5-13(6-4-12)10(9)8-11/h3,5H,4,6-8,12H2,1-2H3. The molecule has 1 heterocycles. The molecule has 2 nitrogen and oxygen atoms in total. The first-order valence-electron chi connectivity index (χ1n) is 4.99. The second-order valence-electron chi connectivity index (χ2n) is 4.79. The van der Waals surface area contributed by atoms with Crippen molar-refractivity contribution in [2.24, 2.45) is 11.1 Å². The molecule has 0 aromatic carbocycles. The zero-order chi connectivity index (χ0) is 9.47. The maximum Gasteiger partial charge on any atom is 0.0345 e. The predicted molar refractivity (Wildman–Crippen MR) is 54.7 cm³/mol. The number of nitrogens with zero attached hydrogens (tertiary/aromatic N) is 1. The van der Waals surface area contributed by atoms with E-state index in [1.54, 1.807) is 0 Å². The van der Waals surface area contributed by atoms with E-state index in [0.29, 0.717) is 5.41 Å². The molecule has 13 heavy (non-hydrogen) atoms. The summed E-state index contributed by atoms with van der Waals surface area (Å²) in [5.74, 6) is 0. The first-order chi connectivity index (χ1) is 6.12. The van der Waals surface area contributed by atoms with Crippen LogP contribution in [0, 0.1) is 5.41 Å². The highest BCUT2D eigenvalue weighted by molar-refractivity contribution is 5.30. The number of hydrogen-bond acceptors (Lipinski definition) is 1. The Morgan fingerprint density at radius 1 is 1.46 bits per heavy atom. The van der Waals surface area contributed by atoms with Crippen molar-refractivity contribution in [3.8, 4) is 0 Å². The fourth-order valence-electron chi connectivity index (χ4n) is 2.31. The van der Waals surface area contributed by atoms with Crippen LogP contribution < -0.4 is 5.73 Å². The Morgan fingerprint density at radius 2 is 2.23 bits per heavy atom. The van der Waals surface area contributed by atoms with Gasteiger partial charge in [0.2, 0.25) is 0 Å². The molecule has 2 heteroatoms. The molecular formula is C11H18N2. The highest BCUT2D eigenvalue weighted by Crippen LogP contribution is 2.36. The molecule has 0 fully saturated rings. The lowest BCUT2D eigenvalue weighted by Crippen LogP contribution is -2.14. The van der Waals surface area contributed by atoms with Crippen molar-refractivity contribution in [1.29, 1.82) is 0 Å². The van der Waals surface area contributed by atoms with Gasteiger partial charge in [-0.15, -0.1) is 0 Å². The minimum Gasteiger partial charge on any atom is -0.350 e. The van der Waals surface area contributed by atoms with Crippen LogP contribution in [0.5, 0.6) is 0 Å². The van der Waals surface area contributed by atoms with E-state index in [2.05, 4.69) is 30.7 Å². The maximum atomic E-state index is 5.56. The monoisotopic (exact) mass is 178 g/mol. The van der Waals surface area contributed by atoms with E-state index in [1.807, 2.05) is 0 Å². The minimum atomic E-state index is 0.461. The van der Waals surface area contributed by atoms with Crippen LogP contribution in [0.3, 0.4) is 0 Å². The average molecular weight is 178 g/mol. The zero-order valence-electron chi connectivity index (χ0n) is 8.51. The third-order valence-electron chi connectivity index (χ3n) is 2.86. The molecule has 1 aliphatic carbocycles. The van der Waals surface area contributed by atoms with E-state index in [-0.39, 0.29) is 0 Å². The van der Waals surface area contributed by atoms with Gasteiger partial charge in [0, 0.05) is 25.0 Å². The van der Waals surface area contributed by atoms with Crippen LogP contribution in [-0.2, 0) is 19.4 Å². The van der Waals surface area contributed by atoms with E-state index < -0.39 is 0 Å². The van der Waals surface area contributed by atoms with Crippen molar-refractivity contribution in [3.05, 3.63) is 23.5 Å². The number of rotatable bonds is 2. The van der Waals surface area contributed by atoms with Crippen molar-refractivity contribution in [1.82, 2.24) is 4.57 Å². The summed E-state index contributed by atoms with van der Waals surface area (Å²) in [7, 11) is 0. The molecule has 0 radical (unpaired) electrons. The van der Waals surface area contributed by atoms with Crippen LogP contribution in [0.1, 0.15) is 25.1 Å². The van der Waals surface area contributed by atoms with Gasteiger partial charge in [0.25, 0.3) is 0 Å². The molecule has 2 rings (SSSR count). The second kappa shape index (κ2) is 2.88. The average Bonchev–Trinajstić information content (AvgIpc) is 2.48. The molecule has 1 aliphatic rings. The van der Waals surface area contributed by atoms with Gasteiger partial charge in [0.1, 0.15) is 0 Å². The largest absolute Gasteiger partial charge is 0.350 e. The summed E-state index contributed by atoms with van der Waals surface area (Å²) >= 11 is 0. The molecule has 72 valence electrons. The maximum absolute atomic E-state index is 5.56. The third kappa shape index (κ3) is 1.51. The topological polar surface area (TPSA) is 30.9 Å².